The van der Waals surface area contributed by atoms with Crippen LogP contribution in [0.15, 0.2) is 0 Å². The van der Waals surface area contributed by atoms with Gasteiger partial charge in [-0.05, 0) is 19.8 Å². The van der Waals surface area contributed by atoms with E-state index in [2.05, 4.69) is 0 Å². The molecule has 0 aliphatic heterocycles. The monoisotopic (exact) mass is 376 g/mol. The molecule has 7 heteroatoms. The van der Waals surface area contributed by atoms with Crippen molar-refractivity contribution in [3.63, 3.8) is 0 Å². The minimum absolute atomic E-state index is 0. The Hall–Kier alpha value is -0.420. The number of carbonyl (C=O) groups excluding carboxylic acids is 1. The lowest BCUT2D eigenvalue weighted by atomic mass is 10.2. The smallest absolute Gasteiger partial charge is 0.327 e. The summed E-state index contributed by atoms with van der Waals surface area (Å²) in [7, 11) is -1.34. The lowest BCUT2D eigenvalue weighted by molar-refractivity contribution is -0.144. The Morgan fingerprint density at radius 2 is 1.46 bits per heavy atom. The molecule has 0 aliphatic rings. The summed E-state index contributed by atoms with van der Waals surface area (Å²) in [6.45, 7) is 4.36. The number of methoxy groups -OCH3 is 1. The first-order valence-electron chi connectivity index (χ1n) is 6.53. The summed E-state index contributed by atoms with van der Waals surface area (Å²) in [6, 6.07) is 0. The van der Waals surface area contributed by atoms with Gasteiger partial charge in [0.25, 0.3) is 0 Å². The van der Waals surface area contributed by atoms with Crippen molar-refractivity contribution in [1.29, 1.82) is 0 Å². The zero-order valence-corrected chi connectivity index (χ0v) is 12.9. The number of unbranched alkanes of at least 4 members (excludes halogenated alkanes) is 2. The zero-order valence-electron chi connectivity index (χ0n) is 12.1. The van der Waals surface area contributed by atoms with E-state index in [1.165, 1.54) is 6.66 Å². The van der Waals surface area contributed by atoms with Gasteiger partial charge in [-0.15, -0.1) is 0 Å². The summed E-state index contributed by atoms with van der Waals surface area (Å²) in [5.41, 5.74) is 0. The third-order valence-corrected chi connectivity index (χ3v) is 3.64. The largest absolute Gasteiger partial charge is 0.463 e. The van der Waals surface area contributed by atoms with Gasteiger partial charge in [-0.3, -0.25) is 9.36 Å². The normalized spacial score (nSPS) is 11.1. The van der Waals surface area contributed by atoms with Crippen LogP contribution in [0.5, 0.6) is 0 Å². The van der Waals surface area contributed by atoms with Gasteiger partial charge in [0.2, 0.25) is 0 Å². The van der Waals surface area contributed by atoms with E-state index in [1.807, 2.05) is 0 Å². The van der Waals surface area contributed by atoms with Crippen LogP contribution in [-0.2, 0) is 27.9 Å². The quantitative estimate of drug-likeness (QED) is 0.244. The average Bonchev–Trinajstić information content (AvgIpc) is 2.34. The lowest BCUT2D eigenvalue weighted by Gasteiger charge is -2.12. The fourth-order valence-electron chi connectivity index (χ4n) is 1.40. The molecule has 154 valence electrons. The van der Waals surface area contributed by atoms with E-state index in [1.54, 1.807) is 14.0 Å². The highest BCUT2D eigenvalue weighted by Crippen LogP contribution is 2.43. The Bertz CT molecular complexity index is 284. The Kier molecular flexibility index (Phi) is 40.2. The maximum Gasteiger partial charge on any atom is 0.327 e. The SMILES string of the molecule is C.C.C.C.C.CCOP(C)(=O)OCCOC(=O)CCCCCOC. The number of carbonyl (C=O) groups is 1. The lowest BCUT2D eigenvalue weighted by Crippen LogP contribution is -2.10. The van der Waals surface area contributed by atoms with Crippen molar-refractivity contribution in [3.8, 4) is 0 Å². The van der Waals surface area contributed by atoms with E-state index >= 15 is 0 Å². The summed E-state index contributed by atoms with van der Waals surface area (Å²) in [4.78, 5) is 11.3. The van der Waals surface area contributed by atoms with Gasteiger partial charge in [0.1, 0.15) is 6.61 Å². The molecule has 0 rings (SSSR count). The summed E-state index contributed by atoms with van der Waals surface area (Å²) in [5, 5.41) is 0. The number of ether oxygens (including phenoxy) is 2. The van der Waals surface area contributed by atoms with Crippen LogP contribution < -0.4 is 0 Å². The second-order valence-corrected chi connectivity index (χ2v) is 6.11. The van der Waals surface area contributed by atoms with Gasteiger partial charge in [0, 0.05) is 26.8 Å². The maximum atomic E-state index is 11.5. The van der Waals surface area contributed by atoms with Crippen molar-refractivity contribution >= 4 is 13.6 Å². The van der Waals surface area contributed by atoms with Crippen molar-refractivity contribution in [2.24, 2.45) is 0 Å². The highest BCUT2D eigenvalue weighted by Gasteiger charge is 2.15. The van der Waals surface area contributed by atoms with Gasteiger partial charge >= 0.3 is 13.6 Å². The van der Waals surface area contributed by atoms with Crippen molar-refractivity contribution in [1.82, 2.24) is 0 Å². The van der Waals surface area contributed by atoms with Crippen LogP contribution in [-0.4, -0.2) is 46.2 Å². The molecule has 0 aromatic heterocycles. The van der Waals surface area contributed by atoms with Crippen LogP contribution in [0.3, 0.4) is 0 Å². The molecule has 0 saturated carbocycles. The molecule has 0 heterocycles. The molecule has 6 nitrogen and oxygen atoms in total. The minimum Gasteiger partial charge on any atom is -0.463 e. The Labute approximate surface area is 152 Å². The maximum absolute atomic E-state index is 11.5. The zero-order chi connectivity index (χ0) is 14.6. The second-order valence-electron chi connectivity index (χ2n) is 4.05. The van der Waals surface area contributed by atoms with Crippen molar-refractivity contribution in [2.75, 3.05) is 40.2 Å². The van der Waals surface area contributed by atoms with E-state index in [0.717, 1.165) is 19.3 Å². The molecule has 1 unspecified atom stereocenters. The average molecular weight is 377 g/mol. The van der Waals surface area contributed by atoms with Crippen LogP contribution >= 0.6 is 7.60 Å². The van der Waals surface area contributed by atoms with Gasteiger partial charge in [0.15, 0.2) is 0 Å². The molecule has 0 fully saturated rings. The first-order chi connectivity index (χ1) is 9.02. The van der Waals surface area contributed by atoms with Crippen LogP contribution in [0, 0.1) is 0 Å². The van der Waals surface area contributed by atoms with E-state index < -0.39 is 7.60 Å². The Balaban J connectivity index is -0.000000162. The Morgan fingerprint density at radius 1 is 0.875 bits per heavy atom. The highest BCUT2D eigenvalue weighted by atomic mass is 31.2. The topological polar surface area (TPSA) is 71.1 Å². The summed E-state index contributed by atoms with van der Waals surface area (Å²) in [6.07, 6.45) is 3.06. The van der Waals surface area contributed by atoms with Crippen LogP contribution in [0.2, 0.25) is 0 Å². The van der Waals surface area contributed by atoms with Gasteiger partial charge in [-0.1, -0.05) is 43.6 Å². The molecule has 0 saturated heterocycles. The van der Waals surface area contributed by atoms with Crippen molar-refractivity contribution in [2.45, 2.75) is 69.7 Å². The molecule has 0 N–H and O–H groups in total. The van der Waals surface area contributed by atoms with Crippen LogP contribution in [0.4, 0.5) is 0 Å². The van der Waals surface area contributed by atoms with E-state index in [9.17, 15) is 9.36 Å². The van der Waals surface area contributed by atoms with Crippen LogP contribution in [0.25, 0.3) is 0 Å². The van der Waals surface area contributed by atoms with E-state index in [-0.39, 0.29) is 56.3 Å². The molecule has 0 aromatic rings. The molecule has 0 amide bonds. The number of rotatable bonds is 12. The summed E-state index contributed by atoms with van der Waals surface area (Å²) >= 11 is 0. The van der Waals surface area contributed by atoms with E-state index in [4.69, 9.17) is 18.5 Å². The molecule has 0 radical (unpaired) electrons. The van der Waals surface area contributed by atoms with Gasteiger partial charge in [0.05, 0.1) is 13.2 Å². The number of esters is 1. The fourth-order valence-corrected chi connectivity index (χ4v) is 2.34. The molecule has 1 atom stereocenters. The third kappa shape index (κ3) is 26.5. The molecule has 0 bridgehead atoms. The molecular formula is C17H45O6P. The van der Waals surface area contributed by atoms with Crippen molar-refractivity contribution < 1.29 is 27.9 Å². The fraction of sp³-hybridized carbons (Fsp3) is 0.941. The van der Waals surface area contributed by atoms with Gasteiger partial charge in [-0.25, -0.2) is 0 Å². The second kappa shape index (κ2) is 24.8. The van der Waals surface area contributed by atoms with Crippen molar-refractivity contribution in [3.05, 3.63) is 0 Å². The summed E-state index contributed by atoms with van der Waals surface area (Å²) < 4.78 is 31.3. The first kappa shape index (κ1) is 38.9. The minimum atomic E-state index is -2.99. The van der Waals surface area contributed by atoms with Crippen LogP contribution in [0.1, 0.15) is 69.7 Å². The molecule has 0 aliphatic carbocycles. The number of hydrogen-bond acceptors (Lipinski definition) is 6. The molecule has 0 spiro atoms. The molecular weight excluding hydrogens is 331 g/mol. The molecule has 24 heavy (non-hydrogen) atoms. The highest BCUT2D eigenvalue weighted by molar-refractivity contribution is 7.52. The predicted molar refractivity (Wildman–Crippen MR) is 106 cm³/mol. The van der Waals surface area contributed by atoms with Gasteiger partial charge < -0.3 is 18.5 Å². The van der Waals surface area contributed by atoms with Gasteiger partial charge in [-0.2, -0.15) is 0 Å². The van der Waals surface area contributed by atoms with E-state index in [0.29, 0.717) is 19.6 Å². The number of hydrogen-bond donors (Lipinski definition) is 0. The molecule has 0 aromatic carbocycles. The standard InChI is InChI=1S/C12H25O6P.5CH4/c1-4-17-19(3,14)18-11-10-16-12(13)8-6-5-7-9-15-2;;;;;/h4-11H2,1-3H3;5*1H4. The third-order valence-electron chi connectivity index (χ3n) is 2.27. The predicted octanol–water partition coefficient (Wildman–Crippen LogP) is 5.79. The first-order valence-corrected chi connectivity index (χ1v) is 8.52. The summed E-state index contributed by atoms with van der Waals surface area (Å²) in [5.74, 6) is -0.261. The Morgan fingerprint density at radius 3 is 1.96 bits per heavy atom.